The van der Waals surface area contributed by atoms with Crippen LogP contribution in [0.5, 0.6) is 0 Å². The fourth-order valence-electron chi connectivity index (χ4n) is 4.87. The molecule has 1 aliphatic heterocycles. The van der Waals surface area contributed by atoms with Crippen LogP contribution in [0.15, 0.2) is 18.3 Å². The molecule has 0 bridgehead atoms. The number of likely N-dealkylation sites (N-methyl/N-ethyl adjacent to an activating group) is 1. The molecule has 0 unspecified atom stereocenters. The van der Waals surface area contributed by atoms with Gasteiger partial charge in [0.1, 0.15) is 0 Å². The predicted octanol–water partition coefficient (Wildman–Crippen LogP) is 2.96. The molecule has 3 N–H and O–H groups in total. The van der Waals surface area contributed by atoms with Crippen LogP contribution >= 0.6 is 0 Å². The fourth-order valence-corrected chi connectivity index (χ4v) is 4.87. The van der Waals surface area contributed by atoms with Crippen LogP contribution in [-0.2, 0) is 6.42 Å². The van der Waals surface area contributed by atoms with Gasteiger partial charge >= 0.3 is 6.03 Å². The second kappa shape index (κ2) is 6.50. The average Bonchev–Trinajstić information content (AvgIpc) is 2.97. The highest BCUT2D eigenvalue weighted by atomic mass is 16.2. The molecular formula is C20H29N5O. The summed E-state index contributed by atoms with van der Waals surface area (Å²) in [6.45, 7) is 6.53. The Labute approximate surface area is 154 Å². The van der Waals surface area contributed by atoms with E-state index in [1.807, 2.05) is 30.7 Å². The van der Waals surface area contributed by atoms with Crippen molar-refractivity contribution in [1.82, 2.24) is 14.5 Å². The van der Waals surface area contributed by atoms with Crippen LogP contribution in [0.2, 0.25) is 0 Å². The third kappa shape index (κ3) is 2.55. The lowest BCUT2D eigenvalue weighted by molar-refractivity contribution is 0.157. The van der Waals surface area contributed by atoms with Crippen LogP contribution in [0.4, 0.5) is 10.5 Å². The van der Waals surface area contributed by atoms with Crippen molar-refractivity contribution in [1.29, 1.82) is 0 Å². The first-order valence-corrected chi connectivity index (χ1v) is 9.73. The van der Waals surface area contributed by atoms with Gasteiger partial charge in [-0.3, -0.25) is 4.68 Å². The maximum atomic E-state index is 12.5. The van der Waals surface area contributed by atoms with E-state index in [0.29, 0.717) is 25.0 Å². The molecule has 4 rings (SSSR count). The number of benzene rings is 1. The number of nitrogen functional groups attached to an aromatic ring is 1. The maximum absolute atomic E-state index is 12.5. The van der Waals surface area contributed by atoms with Gasteiger partial charge in [0.15, 0.2) is 0 Å². The van der Waals surface area contributed by atoms with Crippen LogP contribution in [0.25, 0.3) is 10.9 Å². The van der Waals surface area contributed by atoms with E-state index < -0.39 is 0 Å². The van der Waals surface area contributed by atoms with E-state index in [-0.39, 0.29) is 6.03 Å². The number of amides is 2. The monoisotopic (exact) mass is 355 g/mol. The number of rotatable bonds is 3. The summed E-state index contributed by atoms with van der Waals surface area (Å²) in [5, 5.41) is 1.25. The van der Waals surface area contributed by atoms with E-state index >= 15 is 0 Å². The summed E-state index contributed by atoms with van der Waals surface area (Å²) in [6.07, 6.45) is 5.51. The number of hydrogen-bond acceptors (Lipinski definition) is 3. The van der Waals surface area contributed by atoms with Crippen LogP contribution in [-0.4, -0.2) is 53.2 Å². The third-order valence-electron chi connectivity index (χ3n) is 6.25. The molecule has 0 radical (unpaired) electrons. The first kappa shape index (κ1) is 17.2. The predicted molar refractivity (Wildman–Crippen MR) is 106 cm³/mol. The fraction of sp³-hybridized carbons (Fsp3) is 0.550. The molecule has 2 heterocycles. The first-order valence-electron chi connectivity index (χ1n) is 9.73. The molecule has 140 valence electrons. The summed E-state index contributed by atoms with van der Waals surface area (Å²) < 4.78 is 1.89. The maximum Gasteiger partial charge on any atom is 0.336 e. The Morgan fingerprint density at radius 1 is 1.35 bits per heavy atom. The molecule has 1 saturated heterocycles. The van der Waals surface area contributed by atoms with Gasteiger partial charge in [-0.1, -0.05) is 0 Å². The molecule has 0 spiro atoms. The van der Waals surface area contributed by atoms with Crippen molar-refractivity contribution in [2.45, 2.75) is 45.1 Å². The zero-order valence-corrected chi connectivity index (χ0v) is 16.0. The summed E-state index contributed by atoms with van der Waals surface area (Å²) in [4.78, 5) is 16.8. The number of anilines is 1. The molecule has 0 saturated carbocycles. The van der Waals surface area contributed by atoms with Gasteiger partial charge < -0.3 is 15.5 Å². The molecule has 2 atom stereocenters. The van der Waals surface area contributed by atoms with E-state index in [9.17, 15) is 4.79 Å². The molecule has 1 aromatic carbocycles. The summed E-state index contributed by atoms with van der Waals surface area (Å²) in [5.41, 5.74) is 14.0. The topological polar surface area (TPSA) is 66.5 Å². The largest absolute Gasteiger partial charge is 0.398 e. The van der Waals surface area contributed by atoms with Crippen molar-refractivity contribution in [3.05, 3.63) is 29.5 Å². The molecular weight excluding hydrogens is 326 g/mol. The van der Waals surface area contributed by atoms with Gasteiger partial charge in [-0.05, 0) is 70.0 Å². The molecule has 1 aliphatic carbocycles. The zero-order valence-electron chi connectivity index (χ0n) is 16.0. The molecule has 1 aromatic heterocycles. The number of hydrogen-bond donors (Lipinski definition) is 2. The average molecular weight is 355 g/mol. The van der Waals surface area contributed by atoms with Crippen molar-refractivity contribution in [3.63, 3.8) is 0 Å². The van der Waals surface area contributed by atoms with Crippen molar-refractivity contribution < 1.29 is 4.79 Å². The van der Waals surface area contributed by atoms with Gasteiger partial charge in [-0.25, -0.2) is 10.2 Å². The van der Waals surface area contributed by atoms with E-state index in [4.69, 9.17) is 5.73 Å². The van der Waals surface area contributed by atoms with Crippen molar-refractivity contribution in [2.75, 3.05) is 37.8 Å². The number of nitrogens with one attached hydrogen (secondary N) is 1. The van der Waals surface area contributed by atoms with E-state index in [0.717, 1.165) is 24.2 Å². The second-order valence-electron chi connectivity index (χ2n) is 7.58. The molecule has 2 aliphatic rings. The van der Waals surface area contributed by atoms with Crippen molar-refractivity contribution in [2.24, 2.45) is 0 Å². The van der Waals surface area contributed by atoms with Gasteiger partial charge in [0.2, 0.25) is 0 Å². The minimum absolute atomic E-state index is 0.0643. The Morgan fingerprint density at radius 3 is 2.85 bits per heavy atom. The van der Waals surface area contributed by atoms with Gasteiger partial charge in [-0.15, -0.1) is 0 Å². The normalized spacial score (nSPS) is 22.3. The Bertz CT molecular complexity index is 838. The number of fused-ring (bicyclic) bond motifs is 2. The minimum Gasteiger partial charge on any atom is -0.398 e. The lowest BCUT2D eigenvalue weighted by Crippen LogP contribution is -2.44. The Hall–Kier alpha value is -2.21. The molecule has 6 nitrogen and oxygen atoms in total. The summed E-state index contributed by atoms with van der Waals surface area (Å²) in [5.74, 6) is 0.485. The number of nitrogens with two attached hydrogens (primary N) is 1. The van der Waals surface area contributed by atoms with E-state index in [1.165, 1.54) is 29.4 Å². The number of piperidine rings is 1. The van der Waals surface area contributed by atoms with Gasteiger partial charge in [0.25, 0.3) is 0 Å². The van der Waals surface area contributed by atoms with Crippen molar-refractivity contribution >= 4 is 22.6 Å². The smallest absolute Gasteiger partial charge is 0.336 e. The van der Waals surface area contributed by atoms with Gasteiger partial charge in [0.05, 0.1) is 5.52 Å². The van der Waals surface area contributed by atoms with E-state index in [2.05, 4.69) is 23.6 Å². The van der Waals surface area contributed by atoms with Gasteiger partial charge in [-0.2, -0.15) is 0 Å². The Morgan fingerprint density at radius 2 is 2.12 bits per heavy atom. The van der Waals surface area contributed by atoms with Gasteiger partial charge in [0, 0.05) is 42.3 Å². The number of aromatic nitrogens is 1. The van der Waals surface area contributed by atoms with Crippen LogP contribution in [0.1, 0.15) is 43.7 Å². The van der Waals surface area contributed by atoms with E-state index in [1.54, 1.807) is 4.90 Å². The Kier molecular flexibility index (Phi) is 4.31. The molecule has 6 heteroatoms. The standard InChI is InChI=1S/C20H29N5O/c1-4-24(5-2)20(26)22-25-12-13-11-17-14(7-6-10-23(17)3)19-15(21)8-9-16(25)18(13)19/h8-9,12,14,17H,4-7,10-11,21H2,1-3H3,(H,22,26)/t14-,17+/m0/s1. The second-order valence-corrected chi connectivity index (χ2v) is 7.58. The quantitative estimate of drug-likeness (QED) is 0.832. The number of urea groups is 1. The highest BCUT2D eigenvalue weighted by Crippen LogP contribution is 2.45. The van der Waals surface area contributed by atoms with Crippen LogP contribution in [0.3, 0.4) is 0 Å². The zero-order chi connectivity index (χ0) is 18.4. The number of carbonyl (C=O) groups is 1. The molecule has 2 amide bonds. The number of likely N-dealkylation sites (tertiary alicyclic amines) is 1. The Balaban J connectivity index is 1.79. The van der Waals surface area contributed by atoms with Crippen molar-refractivity contribution in [3.8, 4) is 0 Å². The number of nitrogens with zero attached hydrogens (tertiary/aromatic N) is 3. The highest BCUT2D eigenvalue weighted by Gasteiger charge is 2.37. The highest BCUT2D eigenvalue weighted by molar-refractivity contribution is 5.95. The molecule has 2 aromatic rings. The lowest BCUT2D eigenvalue weighted by Gasteiger charge is -2.42. The lowest BCUT2D eigenvalue weighted by atomic mass is 9.74. The summed E-state index contributed by atoms with van der Waals surface area (Å²) in [7, 11) is 2.22. The molecule has 26 heavy (non-hydrogen) atoms. The number of carbonyl (C=O) groups excluding carboxylic acids is 1. The summed E-state index contributed by atoms with van der Waals surface area (Å²) >= 11 is 0. The summed E-state index contributed by atoms with van der Waals surface area (Å²) in [6, 6.07) is 4.47. The SMILES string of the molecule is CCN(CC)C(=O)Nn1cc2c3c(c(N)ccc31)[C@H]1CCCN(C)[C@@H]1C2. The minimum atomic E-state index is -0.0643. The third-order valence-corrected chi connectivity index (χ3v) is 6.25. The first-order chi connectivity index (χ1) is 12.5. The molecule has 1 fully saturated rings. The van der Waals surface area contributed by atoms with Crippen LogP contribution < -0.4 is 11.2 Å². The van der Waals surface area contributed by atoms with Crippen LogP contribution in [0, 0.1) is 0 Å².